The Hall–Kier alpha value is -4.34. The molecule has 28 heavy (non-hydrogen) atoms. The largest absolute Gasteiger partial charge is 0.429 e. The average molecular weight is 379 g/mol. The summed E-state index contributed by atoms with van der Waals surface area (Å²) in [6.45, 7) is 0. The number of nitro benzene ring substituents is 1. The van der Waals surface area contributed by atoms with Crippen molar-refractivity contribution in [1.82, 2.24) is 15.3 Å². The summed E-state index contributed by atoms with van der Waals surface area (Å²) in [5.41, 5.74) is -0.105. The second-order valence-corrected chi connectivity index (χ2v) is 5.33. The van der Waals surface area contributed by atoms with Gasteiger partial charge in [0.25, 0.3) is 5.91 Å². The molecule has 3 amide bonds. The van der Waals surface area contributed by atoms with Crippen LogP contribution in [0.5, 0.6) is 11.6 Å². The van der Waals surface area contributed by atoms with Crippen LogP contribution in [0.15, 0.2) is 67.1 Å². The first-order valence-corrected chi connectivity index (χ1v) is 7.93. The molecule has 0 aliphatic carbocycles. The Balaban J connectivity index is 1.82. The van der Waals surface area contributed by atoms with Crippen LogP contribution in [0.1, 0.15) is 10.4 Å². The molecule has 0 atom stereocenters. The molecule has 0 saturated carbocycles. The fraction of sp³-hybridized carbons (Fsp3) is 0. The minimum atomic E-state index is -0.873. The number of nitrogens with one attached hydrogen (secondary N) is 2. The summed E-state index contributed by atoms with van der Waals surface area (Å²) < 4.78 is 5.47. The van der Waals surface area contributed by atoms with Gasteiger partial charge >= 0.3 is 11.7 Å². The van der Waals surface area contributed by atoms with E-state index in [1.807, 2.05) is 0 Å². The van der Waals surface area contributed by atoms with Gasteiger partial charge in [-0.2, -0.15) is 0 Å². The lowest BCUT2D eigenvalue weighted by Crippen LogP contribution is -2.34. The molecule has 0 fully saturated rings. The van der Waals surface area contributed by atoms with E-state index in [2.05, 4.69) is 20.6 Å². The maximum atomic E-state index is 12.2. The van der Waals surface area contributed by atoms with Crippen LogP contribution in [0.2, 0.25) is 0 Å². The van der Waals surface area contributed by atoms with E-state index in [0.29, 0.717) is 0 Å². The number of aromatic nitrogens is 2. The Labute approximate surface area is 158 Å². The van der Waals surface area contributed by atoms with Crippen molar-refractivity contribution in [1.29, 1.82) is 0 Å². The van der Waals surface area contributed by atoms with E-state index in [9.17, 15) is 19.7 Å². The van der Waals surface area contributed by atoms with Crippen molar-refractivity contribution in [3.05, 3.63) is 82.8 Å². The predicted octanol–water partition coefficient (Wildman–Crippen LogP) is 3.14. The molecule has 140 valence electrons. The van der Waals surface area contributed by atoms with Gasteiger partial charge < -0.3 is 10.1 Å². The average Bonchev–Trinajstić information content (AvgIpc) is 2.70. The molecule has 0 aliphatic rings. The van der Waals surface area contributed by atoms with E-state index in [-0.39, 0.29) is 28.6 Å². The van der Waals surface area contributed by atoms with E-state index < -0.39 is 16.9 Å². The number of ether oxygens (including phenoxy) is 1. The monoisotopic (exact) mass is 379 g/mol. The van der Waals surface area contributed by atoms with E-state index in [1.54, 1.807) is 30.3 Å². The molecule has 2 aromatic carbocycles. The van der Waals surface area contributed by atoms with Crippen molar-refractivity contribution in [2.45, 2.75) is 0 Å². The number of hydrogen-bond acceptors (Lipinski definition) is 7. The Morgan fingerprint density at radius 2 is 1.82 bits per heavy atom. The van der Waals surface area contributed by atoms with E-state index in [4.69, 9.17) is 4.74 Å². The number of amides is 3. The van der Waals surface area contributed by atoms with Crippen LogP contribution in [0, 0.1) is 10.1 Å². The highest BCUT2D eigenvalue weighted by molar-refractivity contribution is 6.08. The fourth-order valence-electron chi connectivity index (χ4n) is 2.24. The molecular weight excluding hydrogens is 366 g/mol. The molecule has 2 N–H and O–H groups in total. The minimum absolute atomic E-state index is 0.00817. The molecule has 0 radical (unpaired) electrons. The first kappa shape index (κ1) is 18.5. The molecule has 1 heterocycles. The summed E-state index contributed by atoms with van der Waals surface area (Å²) in [5, 5.41) is 15.9. The second kappa shape index (κ2) is 8.36. The van der Waals surface area contributed by atoms with Gasteiger partial charge in [0.1, 0.15) is 6.33 Å². The van der Waals surface area contributed by atoms with Gasteiger partial charge in [0, 0.05) is 23.9 Å². The summed E-state index contributed by atoms with van der Waals surface area (Å²) in [6.07, 6.45) is 2.61. The van der Waals surface area contributed by atoms with E-state index in [0.717, 1.165) is 0 Å². The highest BCUT2D eigenvalue weighted by atomic mass is 16.6. The highest BCUT2D eigenvalue weighted by Gasteiger charge is 2.22. The zero-order valence-electron chi connectivity index (χ0n) is 14.2. The van der Waals surface area contributed by atoms with Crippen molar-refractivity contribution < 1.29 is 19.2 Å². The lowest BCUT2D eigenvalue weighted by Gasteiger charge is -2.12. The van der Waals surface area contributed by atoms with Crippen LogP contribution in [-0.2, 0) is 0 Å². The van der Waals surface area contributed by atoms with Crippen molar-refractivity contribution in [2.24, 2.45) is 0 Å². The van der Waals surface area contributed by atoms with Crippen LogP contribution in [0.4, 0.5) is 16.2 Å². The molecule has 3 rings (SSSR count). The number of hydrogen-bond donors (Lipinski definition) is 2. The van der Waals surface area contributed by atoms with Crippen LogP contribution in [0.3, 0.4) is 0 Å². The summed E-state index contributed by atoms with van der Waals surface area (Å²) in [6, 6.07) is 12.6. The normalized spacial score (nSPS) is 10.0. The lowest BCUT2D eigenvalue weighted by molar-refractivity contribution is -0.385. The van der Waals surface area contributed by atoms with Gasteiger partial charge in [0.2, 0.25) is 11.6 Å². The van der Waals surface area contributed by atoms with Crippen LogP contribution >= 0.6 is 0 Å². The summed E-state index contributed by atoms with van der Waals surface area (Å²) >= 11 is 0. The molecule has 0 bridgehead atoms. The van der Waals surface area contributed by atoms with Crippen LogP contribution < -0.4 is 15.4 Å². The third-order valence-corrected chi connectivity index (χ3v) is 3.46. The van der Waals surface area contributed by atoms with Gasteiger partial charge in [-0.25, -0.2) is 14.8 Å². The maximum absolute atomic E-state index is 12.2. The molecular formula is C18H13N5O5. The summed E-state index contributed by atoms with van der Waals surface area (Å²) in [7, 11) is 0. The Kier molecular flexibility index (Phi) is 5.51. The molecule has 10 nitrogen and oxygen atoms in total. The molecule has 0 saturated heterocycles. The van der Waals surface area contributed by atoms with E-state index >= 15 is 0 Å². The van der Waals surface area contributed by atoms with Gasteiger partial charge in [0.15, 0.2) is 0 Å². The van der Waals surface area contributed by atoms with Crippen molar-refractivity contribution in [2.75, 3.05) is 5.32 Å². The highest BCUT2D eigenvalue weighted by Crippen LogP contribution is 2.37. The molecule has 3 aromatic rings. The van der Waals surface area contributed by atoms with E-state index in [1.165, 1.54) is 36.8 Å². The number of carbonyl (C=O) groups excluding carboxylic acids is 2. The Morgan fingerprint density at radius 3 is 2.50 bits per heavy atom. The van der Waals surface area contributed by atoms with Crippen molar-refractivity contribution in [3.63, 3.8) is 0 Å². The lowest BCUT2D eigenvalue weighted by atomic mass is 10.2. The number of imide groups is 1. The number of nitro groups is 1. The fourth-order valence-corrected chi connectivity index (χ4v) is 2.24. The number of carbonyl (C=O) groups is 2. The van der Waals surface area contributed by atoms with Gasteiger partial charge in [-0.1, -0.05) is 24.3 Å². The maximum Gasteiger partial charge on any atom is 0.326 e. The molecule has 0 unspecified atom stereocenters. The van der Waals surface area contributed by atoms with Crippen LogP contribution in [0.25, 0.3) is 0 Å². The minimum Gasteiger partial charge on any atom is -0.429 e. The number of anilines is 1. The smallest absolute Gasteiger partial charge is 0.326 e. The summed E-state index contributed by atoms with van der Waals surface area (Å²) in [5.74, 6) is -0.802. The second-order valence-electron chi connectivity index (χ2n) is 5.33. The van der Waals surface area contributed by atoms with Crippen LogP contribution in [-0.4, -0.2) is 26.8 Å². The predicted molar refractivity (Wildman–Crippen MR) is 98.1 cm³/mol. The number of rotatable bonds is 5. The number of nitrogens with zero attached hydrogens (tertiary/aromatic N) is 3. The number of benzene rings is 2. The topological polar surface area (TPSA) is 136 Å². The van der Waals surface area contributed by atoms with Gasteiger partial charge in [-0.3, -0.25) is 20.2 Å². The standard InChI is InChI=1S/C18H13N5O5/c24-17(12-5-2-1-3-6-12)22-18(25)21-13-7-4-8-14(23(26)27)16(13)28-15-9-10-19-11-20-15/h1-11H,(H2,21,22,24,25). The first-order chi connectivity index (χ1) is 13.5. The quantitative estimate of drug-likeness (QED) is 0.513. The first-order valence-electron chi connectivity index (χ1n) is 7.93. The van der Waals surface area contributed by atoms with Gasteiger partial charge in [0.05, 0.1) is 10.6 Å². The Morgan fingerprint density at radius 1 is 1.04 bits per heavy atom. The molecule has 0 spiro atoms. The van der Waals surface area contributed by atoms with Gasteiger partial charge in [-0.15, -0.1) is 0 Å². The third-order valence-electron chi connectivity index (χ3n) is 3.46. The number of urea groups is 1. The van der Waals surface area contributed by atoms with Gasteiger partial charge in [-0.05, 0) is 18.2 Å². The third kappa shape index (κ3) is 4.43. The molecule has 0 aliphatic heterocycles. The zero-order chi connectivity index (χ0) is 19.9. The SMILES string of the molecule is O=C(NC(=O)c1ccccc1)Nc1cccc([N+](=O)[O-])c1Oc1ccncn1. The summed E-state index contributed by atoms with van der Waals surface area (Å²) in [4.78, 5) is 42.5. The Bertz CT molecular complexity index is 1010. The zero-order valence-corrected chi connectivity index (χ0v) is 14.2. The number of para-hydroxylation sites is 1. The molecule has 1 aromatic heterocycles. The van der Waals surface area contributed by atoms with Crippen molar-refractivity contribution >= 4 is 23.3 Å². The van der Waals surface area contributed by atoms with Crippen molar-refractivity contribution in [3.8, 4) is 11.6 Å². The molecule has 10 heteroatoms.